The standard InChI is InChI=1S/C12H15N5O2/c1-3-8-7-9(4-2)16(15-8)12-10(17(18)19)5-6-11(13)14-12/h5-7H,3-4H2,1-2H3,(H2,13,14). The first-order chi connectivity index (χ1) is 9.06. The summed E-state index contributed by atoms with van der Waals surface area (Å²) in [5.74, 6) is 0.401. The maximum atomic E-state index is 11.1. The van der Waals surface area contributed by atoms with Crippen LogP contribution in [0.25, 0.3) is 5.82 Å². The van der Waals surface area contributed by atoms with E-state index in [1.165, 1.54) is 16.8 Å². The Kier molecular flexibility index (Phi) is 3.46. The van der Waals surface area contributed by atoms with E-state index in [0.717, 1.165) is 17.8 Å². The molecule has 0 spiro atoms. The van der Waals surface area contributed by atoms with Gasteiger partial charge < -0.3 is 5.73 Å². The van der Waals surface area contributed by atoms with Gasteiger partial charge in [-0.25, -0.2) is 9.67 Å². The largest absolute Gasteiger partial charge is 0.384 e. The van der Waals surface area contributed by atoms with Gasteiger partial charge in [0.25, 0.3) is 0 Å². The van der Waals surface area contributed by atoms with Crippen molar-refractivity contribution >= 4 is 11.5 Å². The molecular weight excluding hydrogens is 246 g/mol. The van der Waals surface area contributed by atoms with Gasteiger partial charge >= 0.3 is 5.69 Å². The third kappa shape index (κ3) is 2.40. The molecule has 2 rings (SSSR count). The van der Waals surface area contributed by atoms with E-state index in [-0.39, 0.29) is 17.3 Å². The molecule has 2 aromatic heterocycles. The number of nitrogen functional groups attached to an aromatic ring is 1. The smallest absolute Gasteiger partial charge is 0.313 e. The van der Waals surface area contributed by atoms with Gasteiger partial charge in [0.15, 0.2) is 0 Å². The van der Waals surface area contributed by atoms with Gasteiger partial charge in [-0.2, -0.15) is 5.10 Å². The lowest BCUT2D eigenvalue weighted by atomic mass is 10.2. The van der Waals surface area contributed by atoms with E-state index in [2.05, 4.69) is 10.1 Å². The van der Waals surface area contributed by atoms with Crippen molar-refractivity contribution in [2.45, 2.75) is 26.7 Å². The molecule has 100 valence electrons. The summed E-state index contributed by atoms with van der Waals surface area (Å²) in [4.78, 5) is 14.6. The number of nitrogens with two attached hydrogens (primary N) is 1. The SMILES string of the molecule is CCc1cc(CC)n(-c2nc(N)ccc2[N+](=O)[O-])n1. The van der Waals surface area contributed by atoms with Gasteiger partial charge in [-0.1, -0.05) is 13.8 Å². The van der Waals surface area contributed by atoms with Crippen LogP contribution in [0, 0.1) is 10.1 Å². The van der Waals surface area contributed by atoms with Crippen molar-refractivity contribution < 1.29 is 4.92 Å². The van der Waals surface area contributed by atoms with E-state index in [4.69, 9.17) is 5.73 Å². The molecule has 0 atom stereocenters. The van der Waals surface area contributed by atoms with Crippen molar-refractivity contribution in [2.24, 2.45) is 0 Å². The first-order valence-electron chi connectivity index (χ1n) is 6.05. The molecule has 2 N–H and O–H groups in total. The predicted octanol–water partition coefficient (Wildman–Crippen LogP) is 1.88. The van der Waals surface area contributed by atoms with E-state index in [1.54, 1.807) is 0 Å². The number of nitro groups is 1. The minimum atomic E-state index is -0.478. The first kappa shape index (κ1) is 13.0. The predicted molar refractivity (Wildman–Crippen MR) is 71.2 cm³/mol. The second kappa shape index (κ2) is 5.05. The summed E-state index contributed by atoms with van der Waals surface area (Å²) in [5, 5.41) is 15.4. The van der Waals surface area contributed by atoms with Crippen molar-refractivity contribution in [3.8, 4) is 5.82 Å². The van der Waals surface area contributed by atoms with Crippen LogP contribution in [-0.2, 0) is 12.8 Å². The average molecular weight is 261 g/mol. The third-order valence-corrected chi connectivity index (χ3v) is 2.83. The topological polar surface area (TPSA) is 99.9 Å². The summed E-state index contributed by atoms with van der Waals surface area (Å²) in [6.07, 6.45) is 1.47. The minimum absolute atomic E-state index is 0.102. The molecule has 0 aliphatic heterocycles. The molecule has 2 heterocycles. The van der Waals surface area contributed by atoms with Crippen LogP contribution < -0.4 is 5.73 Å². The fourth-order valence-electron chi connectivity index (χ4n) is 1.84. The molecular formula is C12H15N5O2. The first-order valence-corrected chi connectivity index (χ1v) is 6.05. The Morgan fingerprint density at radius 1 is 1.37 bits per heavy atom. The van der Waals surface area contributed by atoms with Crippen molar-refractivity contribution in [2.75, 3.05) is 5.73 Å². The monoisotopic (exact) mass is 261 g/mol. The highest BCUT2D eigenvalue weighted by Gasteiger charge is 2.20. The molecule has 0 amide bonds. The highest BCUT2D eigenvalue weighted by atomic mass is 16.6. The van der Waals surface area contributed by atoms with Gasteiger partial charge in [0.1, 0.15) is 5.82 Å². The van der Waals surface area contributed by atoms with Crippen LogP contribution in [-0.4, -0.2) is 19.7 Å². The number of aromatic nitrogens is 3. The highest BCUT2D eigenvalue weighted by Crippen LogP contribution is 2.23. The zero-order valence-corrected chi connectivity index (χ0v) is 10.8. The van der Waals surface area contributed by atoms with Crippen molar-refractivity contribution in [1.82, 2.24) is 14.8 Å². The molecule has 0 aliphatic carbocycles. The maximum Gasteiger partial charge on any atom is 0.313 e. The average Bonchev–Trinajstić information content (AvgIpc) is 2.81. The van der Waals surface area contributed by atoms with Crippen LogP contribution >= 0.6 is 0 Å². The molecule has 0 saturated carbocycles. The summed E-state index contributed by atoms with van der Waals surface area (Å²) in [5.41, 5.74) is 7.26. The quantitative estimate of drug-likeness (QED) is 0.669. The number of aryl methyl sites for hydroxylation is 2. The van der Waals surface area contributed by atoms with Crippen molar-refractivity contribution in [1.29, 1.82) is 0 Å². The van der Waals surface area contributed by atoms with E-state index < -0.39 is 4.92 Å². The fraction of sp³-hybridized carbons (Fsp3) is 0.333. The van der Waals surface area contributed by atoms with E-state index in [0.29, 0.717) is 6.42 Å². The molecule has 0 unspecified atom stereocenters. The molecule has 2 aromatic rings. The number of anilines is 1. The summed E-state index contributed by atoms with van der Waals surface area (Å²) in [7, 11) is 0. The lowest BCUT2D eigenvalue weighted by Gasteiger charge is -2.06. The molecule has 19 heavy (non-hydrogen) atoms. The maximum absolute atomic E-state index is 11.1. The van der Waals surface area contributed by atoms with Gasteiger partial charge in [-0.15, -0.1) is 0 Å². The zero-order valence-electron chi connectivity index (χ0n) is 10.8. The Morgan fingerprint density at radius 2 is 2.11 bits per heavy atom. The number of rotatable bonds is 4. The zero-order chi connectivity index (χ0) is 14.0. The van der Waals surface area contributed by atoms with Crippen LogP contribution in [0.4, 0.5) is 11.5 Å². The Labute approximate surface area is 110 Å². The summed E-state index contributed by atoms with van der Waals surface area (Å²) in [6.45, 7) is 3.94. The molecule has 7 heteroatoms. The molecule has 0 aliphatic rings. The molecule has 0 aromatic carbocycles. The van der Waals surface area contributed by atoms with Gasteiger partial charge in [0, 0.05) is 11.8 Å². The molecule has 7 nitrogen and oxygen atoms in total. The normalized spacial score (nSPS) is 10.6. The number of nitrogens with zero attached hydrogens (tertiary/aromatic N) is 4. The van der Waals surface area contributed by atoms with Gasteiger partial charge in [0.2, 0.25) is 5.82 Å². The Hall–Kier alpha value is -2.44. The van der Waals surface area contributed by atoms with Gasteiger partial charge in [-0.3, -0.25) is 10.1 Å². The Balaban J connectivity index is 2.66. The van der Waals surface area contributed by atoms with Crippen LogP contribution in [0.5, 0.6) is 0 Å². The second-order valence-electron chi connectivity index (χ2n) is 4.08. The van der Waals surface area contributed by atoms with Crippen LogP contribution in [0.1, 0.15) is 25.2 Å². The van der Waals surface area contributed by atoms with Crippen LogP contribution in [0.2, 0.25) is 0 Å². The number of hydrogen-bond acceptors (Lipinski definition) is 5. The lowest BCUT2D eigenvalue weighted by molar-refractivity contribution is -0.384. The molecule has 0 saturated heterocycles. The fourth-order valence-corrected chi connectivity index (χ4v) is 1.84. The lowest BCUT2D eigenvalue weighted by Crippen LogP contribution is -2.09. The van der Waals surface area contributed by atoms with Crippen LogP contribution in [0.3, 0.4) is 0 Å². The van der Waals surface area contributed by atoms with Crippen molar-refractivity contribution in [3.05, 3.63) is 39.7 Å². The third-order valence-electron chi connectivity index (χ3n) is 2.83. The van der Waals surface area contributed by atoms with E-state index in [9.17, 15) is 10.1 Å². The van der Waals surface area contributed by atoms with Crippen molar-refractivity contribution in [3.63, 3.8) is 0 Å². The minimum Gasteiger partial charge on any atom is -0.384 e. The molecule has 0 radical (unpaired) electrons. The second-order valence-corrected chi connectivity index (χ2v) is 4.08. The van der Waals surface area contributed by atoms with E-state index >= 15 is 0 Å². The summed E-state index contributed by atoms with van der Waals surface area (Å²) in [6, 6.07) is 4.69. The van der Waals surface area contributed by atoms with Gasteiger partial charge in [0.05, 0.1) is 10.6 Å². The highest BCUT2D eigenvalue weighted by molar-refractivity contribution is 5.52. The molecule has 0 fully saturated rings. The van der Waals surface area contributed by atoms with Gasteiger partial charge in [-0.05, 0) is 25.0 Å². The summed E-state index contributed by atoms with van der Waals surface area (Å²) < 4.78 is 1.51. The van der Waals surface area contributed by atoms with E-state index in [1.807, 2.05) is 19.9 Å². The summed E-state index contributed by atoms with van der Waals surface area (Å²) >= 11 is 0. The Morgan fingerprint density at radius 3 is 2.68 bits per heavy atom. The number of hydrogen-bond donors (Lipinski definition) is 1. The van der Waals surface area contributed by atoms with Crippen LogP contribution in [0.15, 0.2) is 18.2 Å². The Bertz CT molecular complexity index is 621. The number of pyridine rings is 1. The molecule has 0 bridgehead atoms.